The molecule has 3 aromatic rings. The molecule has 3 aromatic carbocycles. The minimum atomic E-state index is -0.786. The number of methoxy groups -OCH3 is 2. The predicted octanol–water partition coefficient (Wildman–Crippen LogP) is 5.29. The number of hydrogen-bond acceptors (Lipinski definition) is 5. The number of nitrogens with zero attached hydrogens (tertiary/aromatic N) is 1. The molecule has 6 nitrogen and oxygen atoms in total. The van der Waals surface area contributed by atoms with Gasteiger partial charge < -0.3 is 19.5 Å². The number of carbonyl (C=O) groups excluding carboxylic acids is 2. The van der Waals surface area contributed by atoms with Crippen LogP contribution in [0.1, 0.15) is 28.3 Å². The molecule has 1 aliphatic heterocycles. The summed E-state index contributed by atoms with van der Waals surface area (Å²) < 4.78 is 10.6. The fourth-order valence-electron chi connectivity index (χ4n) is 4.17. The Hall–Kier alpha value is -3.77. The van der Waals surface area contributed by atoms with Gasteiger partial charge in [-0.05, 0) is 48.4 Å². The normalized spacial score (nSPS) is 17.2. The van der Waals surface area contributed by atoms with Crippen molar-refractivity contribution in [3.8, 4) is 11.5 Å². The van der Waals surface area contributed by atoms with Gasteiger partial charge in [0, 0.05) is 11.6 Å². The largest absolute Gasteiger partial charge is 0.507 e. The quantitative estimate of drug-likeness (QED) is 0.296. The third-order valence-electron chi connectivity index (χ3n) is 5.83. The lowest BCUT2D eigenvalue weighted by molar-refractivity contribution is -0.140. The zero-order valence-corrected chi connectivity index (χ0v) is 19.8. The van der Waals surface area contributed by atoms with E-state index in [-0.39, 0.29) is 23.4 Å². The summed E-state index contributed by atoms with van der Waals surface area (Å²) in [6.45, 7) is 2.11. The molecular formula is C27H24ClNO5. The highest BCUT2D eigenvalue weighted by atomic mass is 35.5. The molecule has 0 radical (unpaired) electrons. The molecule has 1 unspecified atom stereocenters. The molecule has 7 heteroatoms. The minimum Gasteiger partial charge on any atom is -0.507 e. The third kappa shape index (κ3) is 4.37. The first-order valence-electron chi connectivity index (χ1n) is 10.7. The van der Waals surface area contributed by atoms with Crippen LogP contribution in [0.4, 0.5) is 0 Å². The maximum absolute atomic E-state index is 13.3. The molecule has 0 spiro atoms. The molecule has 1 saturated heterocycles. The van der Waals surface area contributed by atoms with E-state index in [1.54, 1.807) is 31.4 Å². The van der Waals surface area contributed by atoms with Crippen molar-refractivity contribution in [3.63, 3.8) is 0 Å². The highest BCUT2D eigenvalue weighted by Gasteiger charge is 2.46. The van der Waals surface area contributed by atoms with E-state index >= 15 is 0 Å². The van der Waals surface area contributed by atoms with Gasteiger partial charge in [-0.25, -0.2) is 0 Å². The fraction of sp³-hybridized carbons (Fsp3) is 0.185. The number of aliphatic hydroxyl groups excluding tert-OH is 1. The Kier molecular flexibility index (Phi) is 6.61. The number of aliphatic hydroxyl groups is 1. The van der Waals surface area contributed by atoms with Crippen LogP contribution in [0, 0.1) is 6.92 Å². The van der Waals surface area contributed by atoms with Crippen molar-refractivity contribution >= 4 is 29.1 Å². The molecule has 34 heavy (non-hydrogen) atoms. The van der Waals surface area contributed by atoms with Gasteiger partial charge in [-0.2, -0.15) is 0 Å². The highest BCUT2D eigenvalue weighted by Crippen LogP contribution is 2.42. The molecule has 1 aliphatic rings. The van der Waals surface area contributed by atoms with Crippen LogP contribution in [0.15, 0.2) is 72.3 Å². The minimum absolute atomic E-state index is 0.00956. The molecule has 1 heterocycles. The molecule has 1 fully saturated rings. The molecule has 4 rings (SSSR count). The predicted molar refractivity (Wildman–Crippen MR) is 130 cm³/mol. The Bertz CT molecular complexity index is 1280. The number of carbonyl (C=O) groups is 2. The number of Topliss-reactive ketones (excluding diaryl/α,β-unsaturated/α-hetero) is 1. The molecule has 1 atom stereocenters. The summed E-state index contributed by atoms with van der Waals surface area (Å²) >= 11 is 6.16. The van der Waals surface area contributed by atoms with Crippen LogP contribution < -0.4 is 9.47 Å². The molecule has 174 valence electrons. The second-order valence-electron chi connectivity index (χ2n) is 8.03. The van der Waals surface area contributed by atoms with Gasteiger partial charge in [-0.1, -0.05) is 53.6 Å². The van der Waals surface area contributed by atoms with Gasteiger partial charge in [0.05, 0.1) is 31.4 Å². The van der Waals surface area contributed by atoms with Crippen molar-refractivity contribution in [2.24, 2.45) is 0 Å². The third-order valence-corrected chi connectivity index (χ3v) is 6.06. The molecule has 0 saturated carbocycles. The topological polar surface area (TPSA) is 76.1 Å². The number of aryl methyl sites for hydroxylation is 1. The van der Waals surface area contributed by atoms with Crippen molar-refractivity contribution in [2.45, 2.75) is 19.5 Å². The Labute approximate surface area is 203 Å². The van der Waals surface area contributed by atoms with Gasteiger partial charge in [0.25, 0.3) is 11.7 Å². The smallest absolute Gasteiger partial charge is 0.295 e. The van der Waals surface area contributed by atoms with Gasteiger partial charge in [-0.3, -0.25) is 9.59 Å². The van der Waals surface area contributed by atoms with E-state index in [4.69, 9.17) is 21.1 Å². The Morgan fingerprint density at radius 2 is 1.74 bits per heavy atom. The number of hydrogen-bond donors (Lipinski definition) is 1. The number of ether oxygens (including phenoxy) is 2. The van der Waals surface area contributed by atoms with Crippen LogP contribution in [0.25, 0.3) is 5.76 Å². The number of benzene rings is 3. The summed E-state index contributed by atoms with van der Waals surface area (Å²) in [6, 6.07) is 18.8. The standard InChI is InChI=1S/C27H24ClNO5/c1-16-5-4-6-18(13-16)24-23(25(30)21-14-19(28)9-12-22(21)34-3)26(31)27(32)29(24)15-17-7-10-20(33-2)11-8-17/h4-14,24,30H,15H2,1-3H3/b25-23+. The summed E-state index contributed by atoms with van der Waals surface area (Å²) in [7, 11) is 3.04. The lowest BCUT2D eigenvalue weighted by Gasteiger charge is -2.26. The maximum atomic E-state index is 13.3. The van der Waals surface area contributed by atoms with Gasteiger partial charge >= 0.3 is 0 Å². The van der Waals surface area contributed by atoms with Crippen LogP contribution in [0.2, 0.25) is 5.02 Å². The fourth-order valence-corrected chi connectivity index (χ4v) is 4.34. The van der Waals surface area contributed by atoms with E-state index in [9.17, 15) is 14.7 Å². The van der Waals surface area contributed by atoms with E-state index in [1.807, 2.05) is 43.3 Å². The van der Waals surface area contributed by atoms with Crippen molar-refractivity contribution in [1.29, 1.82) is 0 Å². The Morgan fingerprint density at radius 3 is 2.38 bits per heavy atom. The number of rotatable bonds is 6. The number of likely N-dealkylation sites (tertiary alicyclic amines) is 1. The van der Waals surface area contributed by atoms with Crippen molar-refractivity contribution in [2.75, 3.05) is 14.2 Å². The van der Waals surface area contributed by atoms with Gasteiger partial charge in [0.2, 0.25) is 0 Å². The van der Waals surface area contributed by atoms with E-state index < -0.39 is 17.7 Å². The summed E-state index contributed by atoms with van der Waals surface area (Å²) in [6.07, 6.45) is 0. The zero-order chi connectivity index (χ0) is 24.4. The van der Waals surface area contributed by atoms with Crippen LogP contribution in [0.5, 0.6) is 11.5 Å². The van der Waals surface area contributed by atoms with Crippen molar-refractivity contribution < 1.29 is 24.2 Å². The molecule has 1 amide bonds. The first-order chi connectivity index (χ1) is 16.3. The van der Waals surface area contributed by atoms with Crippen LogP contribution in [0.3, 0.4) is 0 Å². The average Bonchev–Trinajstić information content (AvgIpc) is 3.09. The molecule has 0 aromatic heterocycles. The van der Waals surface area contributed by atoms with Crippen molar-refractivity contribution in [1.82, 2.24) is 4.90 Å². The molecule has 0 aliphatic carbocycles. The number of ketones is 1. The SMILES string of the molecule is COc1ccc(CN2C(=O)C(=O)/C(=C(/O)c3cc(Cl)ccc3OC)C2c2cccc(C)c2)cc1. The molecule has 1 N–H and O–H groups in total. The maximum Gasteiger partial charge on any atom is 0.295 e. The Balaban J connectivity index is 1.88. The summed E-state index contributed by atoms with van der Waals surface area (Å²) in [5, 5.41) is 11.7. The van der Waals surface area contributed by atoms with Crippen LogP contribution in [-0.4, -0.2) is 35.9 Å². The number of halogens is 1. The van der Waals surface area contributed by atoms with Crippen LogP contribution >= 0.6 is 11.6 Å². The lowest BCUT2D eigenvalue weighted by atomic mass is 9.94. The van der Waals surface area contributed by atoms with Crippen molar-refractivity contribution in [3.05, 3.63) is 99.6 Å². The number of amides is 1. The van der Waals surface area contributed by atoms with Gasteiger partial charge in [0.1, 0.15) is 17.3 Å². The summed E-state index contributed by atoms with van der Waals surface area (Å²) in [4.78, 5) is 28.0. The summed E-state index contributed by atoms with van der Waals surface area (Å²) in [5.74, 6) is -0.758. The van der Waals surface area contributed by atoms with E-state index in [1.165, 1.54) is 18.1 Å². The second kappa shape index (κ2) is 9.61. The average molecular weight is 478 g/mol. The first-order valence-corrected chi connectivity index (χ1v) is 11.0. The monoisotopic (exact) mass is 477 g/mol. The van der Waals surface area contributed by atoms with E-state index in [2.05, 4.69) is 0 Å². The van der Waals surface area contributed by atoms with Crippen LogP contribution in [-0.2, 0) is 16.1 Å². The van der Waals surface area contributed by atoms with Gasteiger partial charge in [-0.15, -0.1) is 0 Å². The summed E-state index contributed by atoms with van der Waals surface area (Å²) in [5.41, 5.74) is 2.74. The molecule has 0 bridgehead atoms. The van der Waals surface area contributed by atoms with E-state index in [0.29, 0.717) is 16.5 Å². The molecular weight excluding hydrogens is 454 g/mol. The highest BCUT2D eigenvalue weighted by molar-refractivity contribution is 6.46. The lowest BCUT2D eigenvalue weighted by Crippen LogP contribution is -2.29. The first kappa shape index (κ1) is 23.4. The van der Waals surface area contributed by atoms with Gasteiger partial charge in [0.15, 0.2) is 0 Å². The van der Waals surface area contributed by atoms with E-state index in [0.717, 1.165) is 16.7 Å². The second-order valence-corrected chi connectivity index (χ2v) is 8.47. The Morgan fingerprint density at radius 1 is 1.00 bits per heavy atom. The zero-order valence-electron chi connectivity index (χ0n) is 19.0.